The molecule has 0 bridgehead atoms. The first-order valence-corrected chi connectivity index (χ1v) is 9.55. The van der Waals surface area contributed by atoms with Crippen molar-refractivity contribution in [3.63, 3.8) is 0 Å². The molecule has 0 saturated heterocycles. The molecule has 0 fully saturated rings. The highest BCUT2D eigenvalue weighted by Gasteiger charge is 2.12. The predicted molar refractivity (Wildman–Crippen MR) is 120 cm³/mol. The Morgan fingerprint density at radius 2 is 1.13 bits per heavy atom. The standard InChI is InChI=1S/C24H20N4O3/c1-30-23-15-21(24(31-2)14-20(23)27-25-16-8-4-3-5-9-16)28-26-19-12-13-22(29)18-11-7-6-10-17(18)19/h3-15,29H,1-2H3. The van der Waals surface area contributed by atoms with E-state index in [1.165, 1.54) is 0 Å². The SMILES string of the molecule is COc1cc(N=Nc2ccc(O)c3ccccc23)c(OC)cc1N=Nc1ccccc1. The Labute approximate surface area is 179 Å². The lowest BCUT2D eigenvalue weighted by Gasteiger charge is -2.09. The van der Waals surface area contributed by atoms with E-state index in [2.05, 4.69) is 20.5 Å². The molecule has 0 saturated carbocycles. The van der Waals surface area contributed by atoms with Gasteiger partial charge in [-0.25, -0.2) is 0 Å². The van der Waals surface area contributed by atoms with Crippen LogP contribution in [0.25, 0.3) is 10.8 Å². The van der Waals surface area contributed by atoms with Gasteiger partial charge in [-0.1, -0.05) is 42.5 Å². The molecule has 0 aliphatic carbocycles. The number of azo groups is 2. The van der Waals surface area contributed by atoms with Gasteiger partial charge in [-0.15, -0.1) is 15.3 Å². The Morgan fingerprint density at radius 1 is 0.581 bits per heavy atom. The number of rotatable bonds is 6. The number of ether oxygens (including phenoxy) is 2. The van der Waals surface area contributed by atoms with E-state index in [1.54, 1.807) is 38.5 Å². The summed E-state index contributed by atoms with van der Waals surface area (Å²) in [5.41, 5.74) is 2.35. The van der Waals surface area contributed by atoms with Crippen LogP contribution in [0.2, 0.25) is 0 Å². The lowest BCUT2D eigenvalue weighted by atomic mass is 10.1. The Morgan fingerprint density at radius 3 is 1.77 bits per heavy atom. The van der Waals surface area contributed by atoms with Crippen molar-refractivity contribution < 1.29 is 14.6 Å². The van der Waals surface area contributed by atoms with Crippen molar-refractivity contribution in [3.05, 3.63) is 78.9 Å². The molecule has 4 aromatic rings. The fourth-order valence-electron chi connectivity index (χ4n) is 3.09. The average molecular weight is 412 g/mol. The van der Waals surface area contributed by atoms with Crippen LogP contribution in [-0.2, 0) is 0 Å². The van der Waals surface area contributed by atoms with E-state index in [1.807, 2.05) is 54.6 Å². The normalized spacial score (nSPS) is 11.4. The number of phenols is 1. The molecular weight excluding hydrogens is 392 g/mol. The fourth-order valence-corrected chi connectivity index (χ4v) is 3.09. The Kier molecular flexibility index (Phi) is 5.84. The first-order chi connectivity index (χ1) is 15.2. The molecule has 0 unspecified atom stereocenters. The van der Waals surface area contributed by atoms with Gasteiger partial charge in [0.2, 0.25) is 0 Å². The maximum Gasteiger partial charge on any atom is 0.148 e. The summed E-state index contributed by atoms with van der Waals surface area (Å²) >= 11 is 0. The van der Waals surface area contributed by atoms with E-state index < -0.39 is 0 Å². The Balaban J connectivity index is 1.71. The molecule has 0 aliphatic rings. The van der Waals surface area contributed by atoms with Gasteiger partial charge < -0.3 is 14.6 Å². The highest BCUT2D eigenvalue weighted by molar-refractivity contribution is 5.96. The Bertz CT molecular complexity index is 1270. The van der Waals surface area contributed by atoms with E-state index in [-0.39, 0.29) is 5.75 Å². The van der Waals surface area contributed by atoms with Crippen LogP contribution in [0.5, 0.6) is 17.2 Å². The number of methoxy groups -OCH3 is 2. The van der Waals surface area contributed by atoms with E-state index in [0.29, 0.717) is 33.9 Å². The van der Waals surface area contributed by atoms with Gasteiger partial charge in [0.25, 0.3) is 0 Å². The lowest BCUT2D eigenvalue weighted by Crippen LogP contribution is -1.87. The van der Waals surface area contributed by atoms with Crippen LogP contribution in [0.15, 0.2) is 99.3 Å². The molecule has 7 heteroatoms. The minimum Gasteiger partial charge on any atom is -0.507 e. The highest BCUT2D eigenvalue weighted by Crippen LogP contribution is 2.41. The quantitative estimate of drug-likeness (QED) is 0.335. The zero-order valence-corrected chi connectivity index (χ0v) is 17.1. The fraction of sp³-hybridized carbons (Fsp3) is 0.0833. The van der Waals surface area contributed by atoms with Crippen molar-refractivity contribution >= 4 is 33.5 Å². The number of nitrogens with zero attached hydrogens (tertiary/aromatic N) is 4. The summed E-state index contributed by atoms with van der Waals surface area (Å²) in [7, 11) is 3.10. The molecule has 0 spiro atoms. The van der Waals surface area contributed by atoms with Crippen molar-refractivity contribution in [2.75, 3.05) is 14.2 Å². The summed E-state index contributed by atoms with van der Waals surface area (Å²) in [4.78, 5) is 0. The summed E-state index contributed by atoms with van der Waals surface area (Å²) in [5.74, 6) is 1.17. The van der Waals surface area contributed by atoms with Crippen LogP contribution in [0.1, 0.15) is 0 Å². The zero-order chi connectivity index (χ0) is 21.6. The molecule has 0 atom stereocenters. The highest BCUT2D eigenvalue weighted by atomic mass is 16.5. The van der Waals surface area contributed by atoms with Gasteiger partial charge in [0, 0.05) is 22.9 Å². The zero-order valence-electron chi connectivity index (χ0n) is 17.1. The molecule has 0 amide bonds. The maximum atomic E-state index is 10.1. The van der Waals surface area contributed by atoms with Crippen molar-refractivity contribution in [2.45, 2.75) is 0 Å². The summed E-state index contributed by atoms with van der Waals surface area (Å²) in [6.45, 7) is 0. The molecule has 154 valence electrons. The molecular formula is C24H20N4O3. The van der Waals surface area contributed by atoms with Crippen LogP contribution in [0, 0.1) is 0 Å². The molecule has 0 aliphatic heterocycles. The van der Waals surface area contributed by atoms with Crippen LogP contribution < -0.4 is 9.47 Å². The number of fused-ring (bicyclic) bond motifs is 1. The third kappa shape index (κ3) is 4.35. The second-order valence-electron chi connectivity index (χ2n) is 6.58. The molecule has 0 aromatic heterocycles. The number of hydrogen-bond donors (Lipinski definition) is 1. The molecule has 4 aromatic carbocycles. The molecule has 0 heterocycles. The summed E-state index contributed by atoms with van der Waals surface area (Å²) in [5, 5.41) is 28.8. The van der Waals surface area contributed by atoms with Gasteiger partial charge in [0.15, 0.2) is 0 Å². The van der Waals surface area contributed by atoms with E-state index in [4.69, 9.17) is 9.47 Å². The van der Waals surface area contributed by atoms with Gasteiger partial charge in [0.1, 0.15) is 28.6 Å². The maximum absolute atomic E-state index is 10.1. The van der Waals surface area contributed by atoms with Gasteiger partial charge in [-0.3, -0.25) is 0 Å². The average Bonchev–Trinajstić information content (AvgIpc) is 2.83. The third-order valence-corrected chi connectivity index (χ3v) is 4.65. The second-order valence-corrected chi connectivity index (χ2v) is 6.58. The summed E-state index contributed by atoms with van der Waals surface area (Å²) < 4.78 is 10.9. The number of hydrogen-bond acceptors (Lipinski definition) is 7. The van der Waals surface area contributed by atoms with E-state index >= 15 is 0 Å². The largest absolute Gasteiger partial charge is 0.507 e. The van der Waals surface area contributed by atoms with Crippen LogP contribution in [0.3, 0.4) is 0 Å². The van der Waals surface area contributed by atoms with Crippen molar-refractivity contribution in [2.24, 2.45) is 20.5 Å². The summed E-state index contributed by atoms with van der Waals surface area (Å²) in [6.07, 6.45) is 0. The van der Waals surface area contributed by atoms with Crippen molar-refractivity contribution in [1.82, 2.24) is 0 Å². The molecule has 0 radical (unpaired) electrons. The van der Waals surface area contributed by atoms with E-state index in [0.717, 1.165) is 11.1 Å². The third-order valence-electron chi connectivity index (χ3n) is 4.65. The molecule has 7 nitrogen and oxygen atoms in total. The van der Waals surface area contributed by atoms with Crippen molar-refractivity contribution in [1.29, 1.82) is 0 Å². The van der Waals surface area contributed by atoms with Crippen LogP contribution in [-0.4, -0.2) is 19.3 Å². The molecule has 1 N–H and O–H groups in total. The molecule has 31 heavy (non-hydrogen) atoms. The van der Waals surface area contributed by atoms with Crippen LogP contribution >= 0.6 is 0 Å². The first kappa shape index (κ1) is 20.0. The second kappa shape index (κ2) is 9.04. The first-order valence-electron chi connectivity index (χ1n) is 9.55. The predicted octanol–water partition coefficient (Wildman–Crippen LogP) is 7.39. The smallest absolute Gasteiger partial charge is 0.148 e. The molecule has 4 rings (SSSR count). The van der Waals surface area contributed by atoms with Crippen molar-refractivity contribution in [3.8, 4) is 17.2 Å². The number of benzene rings is 4. The number of aromatic hydroxyl groups is 1. The summed E-state index contributed by atoms with van der Waals surface area (Å²) in [6, 6.07) is 23.6. The minimum absolute atomic E-state index is 0.196. The van der Waals surface area contributed by atoms with Gasteiger partial charge in [-0.05, 0) is 24.3 Å². The topological polar surface area (TPSA) is 88.1 Å². The Hall–Kier alpha value is -4.26. The van der Waals surface area contributed by atoms with Gasteiger partial charge in [0.05, 0.1) is 25.6 Å². The van der Waals surface area contributed by atoms with Gasteiger partial charge in [-0.2, -0.15) is 5.11 Å². The monoisotopic (exact) mass is 412 g/mol. The number of phenolic OH excluding ortho intramolecular Hbond substituents is 1. The minimum atomic E-state index is 0.196. The van der Waals surface area contributed by atoms with Crippen LogP contribution in [0.4, 0.5) is 22.7 Å². The van der Waals surface area contributed by atoms with Gasteiger partial charge >= 0.3 is 0 Å². The lowest BCUT2D eigenvalue weighted by molar-refractivity contribution is 0.405. The van der Waals surface area contributed by atoms with E-state index in [9.17, 15) is 5.11 Å².